The summed E-state index contributed by atoms with van der Waals surface area (Å²) >= 11 is 6.05. The van der Waals surface area contributed by atoms with Crippen molar-refractivity contribution in [2.24, 2.45) is 5.92 Å². The van der Waals surface area contributed by atoms with E-state index < -0.39 is 0 Å². The molecule has 1 saturated carbocycles. The molecule has 0 spiro atoms. The van der Waals surface area contributed by atoms with Crippen LogP contribution in [0.4, 0.5) is 11.4 Å². The van der Waals surface area contributed by atoms with Gasteiger partial charge < -0.3 is 16.0 Å². The zero-order chi connectivity index (χ0) is 13.9. The maximum atomic E-state index is 12.3. The third-order valence-electron chi connectivity index (χ3n) is 3.89. The number of nitrogens with one attached hydrogen (secondary N) is 3. The lowest BCUT2D eigenvalue weighted by Gasteiger charge is -2.22. The molecule has 124 valence electrons. The predicted octanol–water partition coefficient (Wildman–Crippen LogP) is 3.70. The van der Waals surface area contributed by atoms with Crippen molar-refractivity contribution >= 4 is 53.7 Å². The third-order valence-corrected chi connectivity index (χ3v) is 4.12. The number of anilines is 2. The number of piperidine rings is 1. The van der Waals surface area contributed by atoms with E-state index in [2.05, 4.69) is 16.0 Å². The minimum Gasteiger partial charge on any atom is -0.381 e. The molecular weight excluding hydrogens is 345 g/mol. The van der Waals surface area contributed by atoms with Crippen LogP contribution in [0, 0.1) is 5.92 Å². The van der Waals surface area contributed by atoms with Crippen LogP contribution in [0.1, 0.15) is 25.7 Å². The second-order valence-electron chi connectivity index (χ2n) is 5.62. The first-order valence-corrected chi connectivity index (χ1v) is 7.68. The fraction of sp³-hybridized carbons (Fsp3) is 0.533. The fourth-order valence-corrected chi connectivity index (χ4v) is 2.68. The quantitative estimate of drug-likeness (QED) is 0.761. The van der Waals surface area contributed by atoms with Gasteiger partial charge in [0.1, 0.15) is 0 Å². The summed E-state index contributed by atoms with van der Waals surface area (Å²) in [6, 6.07) is 6.17. The van der Waals surface area contributed by atoms with Gasteiger partial charge in [-0.15, -0.1) is 24.8 Å². The Morgan fingerprint density at radius 3 is 2.41 bits per heavy atom. The van der Waals surface area contributed by atoms with Crippen molar-refractivity contribution in [2.75, 3.05) is 23.7 Å². The van der Waals surface area contributed by atoms with Crippen LogP contribution < -0.4 is 16.0 Å². The summed E-state index contributed by atoms with van der Waals surface area (Å²) in [4.78, 5) is 12.3. The van der Waals surface area contributed by atoms with Crippen LogP contribution in [0.2, 0.25) is 5.02 Å². The number of carbonyl (C=O) groups is 1. The molecule has 3 rings (SSSR count). The van der Waals surface area contributed by atoms with Crippen LogP contribution in [-0.2, 0) is 4.79 Å². The Morgan fingerprint density at radius 2 is 1.77 bits per heavy atom. The molecule has 0 bridgehead atoms. The van der Waals surface area contributed by atoms with E-state index >= 15 is 0 Å². The predicted molar refractivity (Wildman–Crippen MR) is 96.8 cm³/mol. The summed E-state index contributed by atoms with van der Waals surface area (Å²) < 4.78 is 0. The Morgan fingerprint density at radius 1 is 1.09 bits per heavy atom. The molecular formula is C15H22Cl3N3O. The van der Waals surface area contributed by atoms with E-state index in [4.69, 9.17) is 11.6 Å². The van der Waals surface area contributed by atoms with Crippen LogP contribution in [-0.4, -0.2) is 25.0 Å². The highest BCUT2D eigenvalue weighted by Gasteiger charge is 2.24. The summed E-state index contributed by atoms with van der Waals surface area (Å²) in [6.45, 7) is 1.83. The van der Waals surface area contributed by atoms with Crippen molar-refractivity contribution in [3.05, 3.63) is 23.2 Å². The highest BCUT2D eigenvalue weighted by Crippen LogP contribution is 2.32. The van der Waals surface area contributed by atoms with Crippen molar-refractivity contribution < 1.29 is 4.79 Å². The zero-order valence-electron chi connectivity index (χ0n) is 12.2. The normalized spacial score (nSPS) is 17.9. The minimum absolute atomic E-state index is 0. The lowest BCUT2D eigenvalue weighted by atomic mass is 9.97. The average Bonchev–Trinajstić information content (AvgIpc) is 3.27. The van der Waals surface area contributed by atoms with Crippen molar-refractivity contribution in [1.29, 1.82) is 0 Å². The second-order valence-corrected chi connectivity index (χ2v) is 6.06. The Balaban J connectivity index is 0.00000121. The Labute approximate surface area is 148 Å². The van der Waals surface area contributed by atoms with E-state index in [0.29, 0.717) is 11.1 Å². The van der Waals surface area contributed by atoms with Crippen LogP contribution in [0.15, 0.2) is 18.2 Å². The molecule has 1 aliphatic heterocycles. The molecule has 7 heteroatoms. The molecule has 0 atom stereocenters. The van der Waals surface area contributed by atoms with Crippen molar-refractivity contribution in [1.82, 2.24) is 5.32 Å². The van der Waals surface area contributed by atoms with E-state index in [0.717, 1.165) is 37.3 Å². The van der Waals surface area contributed by atoms with Gasteiger partial charge in [-0.25, -0.2) is 0 Å². The Bertz CT molecular complexity index is 503. The Kier molecular flexibility index (Phi) is 7.77. The van der Waals surface area contributed by atoms with E-state index in [9.17, 15) is 4.79 Å². The largest absolute Gasteiger partial charge is 0.381 e. The number of benzene rings is 1. The van der Waals surface area contributed by atoms with E-state index in [-0.39, 0.29) is 36.6 Å². The van der Waals surface area contributed by atoms with Crippen LogP contribution >= 0.6 is 36.4 Å². The molecule has 1 saturated heterocycles. The topological polar surface area (TPSA) is 53.2 Å². The highest BCUT2D eigenvalue weighted by atomic mass is 35.5. The fourth-order valence-electron chi connectivity index (χ4n) is 2.51. The molecule has 1 amide bonds. The van der Waals surface area contributed by atoms with E-state index in [1.54, 1.807) is 0 Å². The summed E-state index contributed by atoms with van der Waals surface area (Å²) in [5.41, 5.74) is 1.77. The SMILES string of the molecule is Cl.Cl.O=C(Nc1cc(Cl)ccc1NC1CC1)C1CCNCC1. The third kappa shape index (κ3) is 5.20. The van der Waals surface area contributed by atoms with E-state index in [1.165, 1.54) is 12.8 Å². The maximum absolute atomic E-state index is 12.3. The van der Waals surface area contributed by atoms with Gasteiger partial charge in [-0.05, 0) is 57.0 Å². The monoisotopic (exact) mass is 365 g/mol. The number of rotatable bonds is 4. The molecule has 2 fully saturated rings. The number of hydrogen-bond donors (Lipinski definition) is 3. The first-order chi connectivity index (χ1) is 9.72. The summed E-state index contributed by atoms with van der Waals surface area (Å²) in [5, 5.41) is 10.4. The molecule has 1 heterocycles. The number of halogens is 3. The first kappa shape index (κ1) is 19.4. The molecule has 2 aliphatic rings. The molecule has 4 nitrogen and oxygen atoms in total. The van der Waals surface area contributed by atoms with Gasteiger partial charge in [-0.3, -0.25) is 4.79 Å². The number of carbonyl (C=O) groups excluding carboxylic acids is 1. The van der Waals surface area contributed by atoms with Gasteiger partial charge in [-0.2, -0.15) is 0 Å². The Hall–Kier alpha value is -0.680. The maximum Gasteiger partial charge on any atom is 0.227 e. The molecule has 0 radical (unpaired) electrons. The number of amides is 1. The lowest BCUT2D eigenvalue weighted by molar-refractivity contribution is -0.120. The zero-order valence-corrected chi connectivity index (χ0v) is 14.6. The van der Waals surface area contributed by atoms with Gasteiger partial charge in [0.05, 0.1) is 11.4 Å². The van der Waals surface area contributed by atoms with E-state index in [1.807, 2.05) is 18.2 Å². The molecule has 1 aliphatic carbocycles. The van der Waals surface area contributed by atoms with Crippen LogP contribution in [0.3, 0.4) is 0 Å². The van der Waals surface area contributed by atoms with Gasteiger partial charge in [0.2, 0.25) is 5.91 Å². The van der Waals surface area contributed by atoms with Crippen molar-refractivity contribution in [3.63, 3.8) is 0 Å². The summed E-state index contributed by atoms with van der Waals surface area (Å²) in [5.74, 6) is 0.205. The molecule has 0 aromatic heterocycles. The smallest absolute Gasteiger partial charge is 0.227 e. The average molecular weight is 367 g/mol. The van der Waals surface area contributed by atoms with Crippen molar-refractivity contribution in [3.8, 4) is 0 Å². The standard InChI is InChI=1S/C15H20ClN3O.2ClH/c16-11-1-4-13(18-12-2-3-12)14(9-11)19-15(20)10-5-7-17-8-6-10;;/h1,4,9-10,12,17-18H,2-3,5-8H2,(H,19,20);2*1H. The molecule has 0 unspecified atom stereocenters. The van der Waals surface area contributed by atoms with Crippen molar-refractivity contribution in [2.45, 2.75) is 31.7 Å². The molecule has 1 aromatic rings. The van der Waals surface area contributed by atoms with Gasteiger partial charge in [0.25, 0.3) is 0 Å². The second kappa shape index (κ2) is 8.82. The van der Waals surface area contributed by atoms with Crippen LogP contribution in [0.5, 0.6) is 0 Å². The number of hydrogen-bond acceptors (Lipinski definition) is 3. The minimum atomic E-state index is 0. The van der Waals surface area contributed by atoms with Gasteiger partial charge in [0.15, 0.2) is 0 Å². The van der Waals surface area contributed by atoms with Gasteiger partial charge in [0, 0.05) is 17.0 Å². The van der Waals surface area contributed by atoms with Gasteiger partial charge >= 0.3 is 0 Å². The van der Waals surface area contributed by atoms with Gasteiger partial charge in [-0.1, -0.05) is 11.6 Å². The molecule has 3 N–H and O–H groups in total. The summed E-state index contributed by atoms with van der Waals surface area (Å²) in [6.07, 6.45) is 4.20. The summed E-state index contributed by atoms with van der Waals surface area (Å²) in [7, 11) is 0. The molecule has 22 heavy (non-hydrogen) atoms. The lowest BCUT2D eigenvalue weighted by Crippen LogP contribution is -2.34. The van der Waals surface area contributed by atoms with Crippen LogP contribution in [0.25, 0.3) is 0 Å². The molecule has 1 aromatic carbocycles. The first-order valence-electron chi connectivity index (χ1n) is 7.30. The highest BCUT2D eigenvalue weighted by molar-refractivity contribution is 6.31.